The number of halogens is 3. The van der Waals surface area contributed by atoms with Crippen molar-refractivity contribution in [3.05, 3.63) is 51.5 Å². The van der Waals surface area contributed by atoms with E-state index in [2.05, 4.69) is 21.0 Å². The van der Waals surface area contributed by atoms with Gasteiger partial charge >= 0.3 is 0 Å². The van der Waals surface area contributed by atoms with E-state index in [0.29, 0.717) is 17.1 Å². The first-order chi connectivity index (χ1) is 7.15. The fraction of sp³-hybridized carbons (Fsp3) is 0.100. The van der Waals surface area contributed by atoms with Crippen LogP contribution < -0.4 is 0 Å². The molecule has 0 spiro atoms. The van der Waals surface area contributed by atoms with Crippen molar-refractivity contribution in [1.29, 1.82) is 0 Å². The number of aromatic nitrogens is 2. The fourth-order valence-electron chi connectivity index (χ4n) is 1.26. The van der Waals surface area contributed by atoms with E-state index in [4.69, 9.17) is 11.6 Å². The van der Waals surface area contributed by atoms with Gasteiger partial charge in [0.2, 0.25) is 0 Å². The number of benzene rings is 1. The van der Waals surface area contributed by atoms with Crippen LogP contribution in [0.15, 0.2) is 35.1 Å². The Kier molecular flexibility index (Phi) is 3.07. The van der Waals surface area contributed by atoms with Gasteiger partial charge in [0.05, 0.1) is 6.54 Å². The predicted octanol–water partition coefficient (Wildman–Crippen LogP) is 3.49. The Hall–Kier alpha value is -0.870. The normalized spacial score (nSPS) is 10.6. The summed E-state index contributed by atoms with van der Waals surface area (Å²) in [5, 5.41) is 4.67. The molecule has 0 saturated heterocycles. The highest BCUT2D eigenvalue weighted by atomic mass is 79.9. The standard InChI is InChI=1S/C10H7BrClFN2/c11-10-3-4-15(14-10)6-7-5-8(13)1-2-9(7)12/h1-5H,6H2. The smallest absolute Gasteiger partial charge is 0.128 e. The zero-order chi connectivity index (χ0) is 10.8. The maximum Gasteiger partial charge on any atom is 0.128 e. The maximum atomic E-state index is 13.0. The van der Waals surface area contributed by atoms with Crippen molar-refractivity contribution in [2.24, 2.45) is 0 Å². The fourth-order valence-corrected chi connectivity index (χ4v) is 1.76. The molecule has 1 aromatic carbocycles. The lowest BCUT2D eigenvalue weighted by Crippen LogP contribution is -2.01. The van der Waals surface area contributed by atoms with Crippen LogP contribution in [0.1, 0.15) is 5.56 Å². The summed E-state index contributed by atoms with van der Waals surface area (Å²) in [7, 11) is 0. The average molecular weight is 290 g/mol. The Morgan fingerprint density at radius 3 is 2.87 bits per heavy atom. The quantitative estimate of drug-likeness (QED) is 0.827. The third kappa shape index (κ3) is 2.58. The van der Waals surface area contributed by atoms with Crippen molar-refractivity contribution in [2.45, 2.75) is 6.54 Å². The van der Waals surface area contributed by atoms with Gasteiger partial charge < -0.3 is 0 Å². The Balaban J connectivity index is 2.27. The van der Waals surface area contributed by atoms with Gasteiger partial charge in [-0.2, -0.15) is 5.10 Å². The summed E-state index contributed by atoms with van der Waals surface area (Å²) < 4.78 is 15.4. The average Bonchev–Trinajstić information content (AvgIpc) is 2.58. The molecule has 1 aromatic heterocycles. The van der Waals surface area contributed by atoms with Crippen LogP contribution in [0, 0.1) is 5.82 Å². The summed E-state index contributed by atoms with van der Waals surface area (Å²) in [6.07, 6.45) is 1.80. The molecule has 2 nitrogen and oxygen atoms in total. The zero-order valence-electron chi connectivity index (χ0n) is 7.62. The molecule has 2 aromatic rings. The highest BCUT2D eigenvalue weighted by molar-refractivity contribution is 9.10. The van der Waals surface area contributed by atoms with Gasteiger partial charge in [0.1, 0.15) is 10.4 Å². The summed E-state index contributed by atoms with van der Waals surface area (Å²) in [5.74, 6) is -0.291. The number of nitrogens with zero attached hydrogens (tertiary/aromatic N) is 2. The maximum absolute atomic E-state index is 13.0. The second-order valence-corrected chi connectivity index (χ2v) is 4.29. The predicted molar refractivity (Wildman–Crippen MR) is 60.4 cm³/mol. The molecule has 0 atom stereocenters. The highest BCUT2D eigenvalue weighted by Gasteiger charge is 2.04. The molecule has 0 saturated carbocycles. The molecule has 0 bridgehead atoms. The molecule has 15 heavy (non-hydrogen) atoms. The molecular weight excluding hydrogens is 282 g/mol. The van der Waals surface area contributed by atoms with Gasteiger partial charge in [-0.15, -0.1) is 0 Å². The topological polar surface area (TPSA) is 17.8 Å². The second-order valence-electron chi connectivity index (χ2n) is 3.07. The minimum absolute atomic E-state index is 0.291. The molecule has 0 aliphatic heterocycles. The second kappa shape index (κ2) is 4.33. The van der Waals surface area contributed by atoms with Crippen molar-refractivity contribution >= 4 is 27.5 Å². The van der Waals surface area contributed by atoms with E-state index >= 15 is 0 Å². The van der Waals surface area contributed by atoms with Crippen molar-refractivity contribution in [3.63, 3.8) is 0 Å². The molecule has 2 rings (SSSR count). The van der Waals surface area contributed by atoms with Crippen molar-refractivity contribution in [3.8, 4) is 0 Å². The third-order valence-electron chi connectivity index (χ3n) is 1.95. The molecule has 0 radical (unpaired) electrons. The van der Waals surface area contributed by atoms with E-state index in [-0.39, 0.29) is 5.82 Å². The first kappa shape index (κ1) is 10.6. The van der Waals surface area contributed by atoms with Crippen LogP contribution in [0.3, 0.4) is 0 Å². The largest absolute Gasteiger partial charge is 0.267 e. The van der Waals surface area contributed by atoms with Gasteiger partial charge in [0, 0.05) is 11.2 Å². The van der Waals surface area contributed by atoms with Crippen molar-refractivity contribution in [1.82, 2.24) is 9.78 Å². The van der Waals surface area contributed by atoms with Crippen LogP contribution in [-0.4, -0.2) is 9.78 Å². The van der Waals surface area contributed by atoms with E-state index in [1.165, 1.54) is 12.1 Å². The minimum Gasteiger partial charge on any atom is -0.267 e. The number of hydrogen-bond donors (Lipinski definition) is 0. The van der Waals surface area contributed by atoms with Gasteiger partial charge in [-0.25, -0.2) is 4.39 Å². The van der Waals surface area contributed by atoms with Crippen LogP contribution in [0.2, 0.25) is 5.02 Å². The van der Waals surface area contributed by atoms with Gasteiger partial charge in [-0.05, 0) is 45.8 Å². The van der Waals surface area contributed by atoms with Crippen LogP contribution >= 0.6 is 27.5 Å². The first-order valence-electron chi connectivity index (χ1n) is 4.28. The monoisotopic (exact) mass is 288 g/mol. The van der Waals surface area contributed by atoms with E-state index < -0.39 is 0 Å². The lowest BCUT2D eigenvalue weighted by Gasteiger charge is -2.04. The molecule has 78 valence electrons. The molecule has 0 aliphatic rings. The number of rotatable bonds is 2. The summed E-state index contributed by atoms with van der Waals surface area (Å²) in [4.78, 5) is 0. The Morgan fingerprint density at radius 1 is 1.40 bits per heavy atom. The van der Waals surface area contributed by atoms with E-state index in [9.17, 15) is 4.39 Å². The van der Waals surface area contributed by atoms with Crippen molar-refractivity contribution < 1.29 is 4.39 Å². The highest BCUT2D eigenvalue weighted by Crippen LogP contribution is 2.18. The van der Waals surface area contributed by atoms with Gasteiger partial charge in [0.25, 0.3) is 0 Å². The van der Waals surface area contributed by atoms with Crippen molar-refractivity contribution in [2.75, 3.05) is 0 Å². The van der Waals surface area contributed by atoms with Crippen LogP contribution in [0.5, 0.6) is 0 Å². The molecule has 0 aliphatic carbocycles. The molecule has 0 amide bonds. The molecule has 0 unspecified atom stereocenters. The Morgan fingerprint density at radius 2 is 2.20 bits per heavy atom. The summed E-state index contributed by atoms with van der Waals surface area (Å²) in [6, 6.07) is 6.11. The van der Waals surface area contributed by atoms with Gasteiger partial charge in [0.15, 0.2) is 0 Å². The zero-order valence-corrected chi connectivity index (χ0v) is 9.96. The van der Waals surface area contributed by atoms with Gasteiger partial charge in [-0.3, -0.25) is 4.68 Å². The van der Waals surface area contributed by atoms with Crippen LogP contribution in [-0.2, 0) is 6.54 Å². The SMILES string of the molecule is Fc1ccc(Cl)c(Cn2ccc(Br)n2)c1. The minimum atomic E-state index is -0.291. The molecule has 0 N–H and O–H groups in total. The number of hydrogen-bond acceptors (Lipinski definition) is 1. The summed E-state index contributed by atoms with van der Waals surface area (Å²) in [6.45, 7) is 0.461. The van der Waals surface area contributed by atoms with Gasteiger partial charge in [-0.1, -0.05) is 11.6 Å². The molecule has 1 heterocycles. The molecular formula is C10H7BrClFN2. The molecule has 5 heteroatoms. The van der Waals surface area contributed by atoms with E-state index in [1.807, 2.05) is 6.07 Å². The lowest BCUT2D eigenvalue weighted by atomic mass is 10.2. The van der Waals surface area contributed by atoms with E-state index in [1.54, 1.807) is 16.9 Å². The Bertz CT molecular complexity index is 484. The Labute approximate surface area is 99.8 Å². The first-order valence-corrected chi connectivity index (χ1v) is 5.45. The lowest BCUT2D eigenvalue weighted by molar-refractivity contribution is 0.619. The van der Waals surface area contributed by atoms with Crippen LogP contribution in [0.25, 0.3) is 0 Å². The molecule has 0 fully saturated rings. The summed E-state index contributed by atoms with van der Waals surface area (Å²) >= 11 is 9.17. The summed E-state index contributed by atoms with van der Waals surface area (Å²) in [5.41, 5.74) is 0.715. The van der Waals surface area contributed by atoms with Crippen LogP contribution in [0.4, 0.5) is 4.39 Å². The third-order valence-corrected chi connectivity index (χ3v) is 2.74. The van der Waals surface area contributed by atoms with E-state index in [0.717, 1.165) is 4.60 Å².